The van der Waals surface area contributed by atoms with Gasteiger partial charge in [-0.2, -0.15) is 5.10 Å². The smallest absolute Gasteiger partial charge is 0.246 e. The molecule has 0 saturated carbocycles. The van der Waals surface area contributed by atoms with Gasteiger partial charge in [0.2, 0.25) is 5.91 Å². The van der Waals surface area contributed by atoms with Crippen molar-refractivity contribution in [1.82, 2.24) is 5.43 Å². The van der Waals surface area contributed by atoms with Gasteiger partial charge in [-0.05, 0) is 17.7 Å². The fraction of sp³-hybridized carbons (Fsp3) is 0.111. The first-order valence-corrected chi connectivity index (χ1v) is 3.97. The summed E-state index contributed by atoms with van der Waals surface area (Å²) in [6.45, 7) is 0. The molecule has 0 aliphatic carbocycles. The highest BCUT2D eigenvalue weighted by Crippen LogP contribution is 2.10. The van der Waals surface area contributed by atoms with E-state index in [1.54, 1.807) is 12.1 Å². The Labute approximate surface area is 75.4 Å². The van der Waals surface area contributed by atoms with Crippen molar-refractivity contribution in [2.24, 2.45) is 5.10 Å². The van der Waals surface area contributed by atoms with E-state index < -0.39 is 0 Å². The Morgan fingerprint density at radius 3 is 2.54 bits per heavy atom. The van der Waals surface area contributed by atoms with Crippen LogP contribution in [0.5, 0.6) is 0 Å². The summed E-state index contributed by atoms with van der Waals surface area (Å²) < 4.78 is 0. The summed E-state index contributed by atoms with van der Waals surface area (Å²) in [5, 5.41) is 3.89. The zero-order valence-corrected chi connectivity index (χ0v) is 6.95. The summed E-state index contributed by atoms with van der Waals surface area (Å²) in [5.74, 6) is -0.0631. The number of nitrogens with zero attached hydrogens (tertiary/aromatic N) is 1. The number of hydrogen-bond donors (Lipinski definition) is 2. The molecule has 0 fully saturated rings. The second-order valence-electron chi connectivity index (χ2n) is 2.89. The van der Waals surface area contributed by atoms with Gasteiger partial charge in [0, 0.05) is 5.69 Å². The Morgan fingerprint density at radius 1 is 1.31 bits per heavy atom. The number of hydrazone groups is 1. The van der Waals surface area contributed by atoms with Crippen LogP contribution in [-0.2, 0) is 4.79 Å². The van der Waals surface area contributed by atoms with Crippen molar-refractivity contribution in [3.63, 3.8) is 0 Å². The van der Waals surface area contributed by atoms with Crippen LogP contribution in [0.25, 0.3) is 0 Å². The lowest BCUT2D eigenvalue weighted by Crippen LogP contribution is -2.09. The number of nitrogens with two attached hydrogens (primary N) is 1. The number of amides is 1. The first kappa shape index (κ1) is 7.79. The van der Waals surface area contributed by atoms with Gasteiger partial charge in [-0.25, -0.2) is 5.43 Å². The lowest BCUT2D eigenvalue weighted by atomic mass is 10.1. The van der Waals surface area contributed by atoms with Crippen molar-refractivity contribution >= 4 is 17.3 Å². The molecule has 4 heteroatoms. The van der Waals surface area contributed by atoms with Crippen molar-refractivity contribution < 1.29 is 4.79 Å². The number of anilines is 1. The van der Waals surface area contributed by atoms with Gasteiger partial charge in [0.25, 0.3) is 0 Å². The van der Waals surface area contributed by atoms with Gasteiger partial charge < -0.3 is 5.73 Å². The fourth-order valence-electron chi connectivity index (χ4n) is 1.20. The van der Waals surface area contributed by atoms with E-state index >= 15 is 0 Å². The summed E-state index contributed by atoms with van der Waals surface area (Å²) >= 11 is 0. The Balaban J connectivity index is 2.27. The van der Waals surface area contributed by atoms with Crippen LogP contribution >= 0.6 is 0 Å². The van der Waals surface area contributed by atoms with Gasteiger partial charge in [0.1, 0.15) is 0 Å². The normalized spacial score (nSPS) is 15.4. The number of hydrogen-bond acceptors (Lipinski definition) is 3. The summed E-state index contributed by atoms with van der Waals surface area (Å²) in [7, 11) is 0. The van der Waals surface area contributed by atoms with Crippen LogP contribution in [0, 0.1) is 0 Å². The van der Waals surface area contributed by atoms with Crippen molar-refractivity contribution in [3.8, 4) is 0 Å². The Bertz CT molecular complexity index is 367. The maximum atomic E-state index is 10.8. The summed E-state index contributed by atoms with van der Waals surface area (Å²) in [5.41, 5.74) is 10.3. The number of rotatable bonds is 1. The minimum Gasteiger partial charge on any atom is -0.399 e. The Morgan fingerprint density at radius 2 is 2.00 bits per heavy atom. The van der Waals surface area contributed by atoms with Crippen LogP contribution in [0.2, 0.25) is 0 Å². The third kappa shape index (κ3) is 1.51. The lowest BCUT2D eigenvalue weighted by Gasteiger charge is -1.97. The maximum absolute atomic E-state index is 10.8. The molecule has 1 aromatic rings. The van der Waals surface area contributed by atoms with Crippen LogP contribution < -0.4 is 11.2 Å². The highest BCUT2D eigenvalue weighted by molar-refractivity contribution is 6.13. The van der Waals surface area contributed by atoms with Crippen molar-refractivity contribution in [3.05, 3.63) is 29.8 Å². The van der Waals surface area contributed by atoms with E-state index in [4.69, 9.17) is 5.73 Å². The molecule has 4 nitrogen and oxygen atoms in total. The highest BCUT2D eigenvalue weighted by atomic mass is 16.2. The first-order chi connectivity index (χ1) is 6.25. The second kappa shape index (κ2) is 2.90. The quantitative estimate of drug-likeness (QED) is 0.610. The number of carbonyl (C=O) groups is 1. The number of nitrogens with one attached hydrogen (secondary N) is 1. The van der Waals surface area contributed by atoms with Crippen molar-refractivity contribution in [2.45, 2.75) is 6.42 Å². The van der Waals surface area contributed by atoms with Gasteiger partial charge in [-0.3, -0.25) is 4.79 Å². The van der Waals surface area contributed by atoms with E-state index in [1.165, 1.54) is 0 Å². The molecule has 66 valence electrons. The van der Waals surface area contributed by atoms with Crippen LogP contribution in [0.1, 0.15) is 12.0 Å². The summed E-state index contributed by atoms with van der Waals surface area (Å²) in [6.07, 6.45) is 0.351. The molecule has 0 aromatic heterocycles. The monoisotopic (exact) mass is 175 g/mol. The predicted molar refractivity (Wildman–Crippen MR) is 50.2 cm³/mol. The number of carbonyl (C=O) groups excluding carboxylic acids is 1. The highest BCUT2D eigenvalue weighted by Gasteiger charge is 2.15. The van der Waals surface area contributed by atoms with E-state index in [2.05, 4.69) is 10.5 Å². The minimum absolute atomic E-state index is 0.0631. The molecule has 13 heavy (non-hydrogen) atoms. The molecule has 2 rings (SSSR count). The average molecular weight is 175 g/mol. The molecule has 3 N–H and O–H groups in total. The van der Waals surface area contributed by atoms with E-state index in [0.29, 0.717) is 12.1 Å². The van der Waals surface area contributed by atoms with Crippen LogP contribution in [0.4, 0.5) is 5.69 Å². The molecule has 0 atom stereocenters. The van der Waals surface area contributed by atoms with Gasteiger partial charge in [0.15, 0.2) is 0 Å². The van der Waals surface area contributed by atoms with E-state index in [9.17, 15) is 4.79 Å². The predicted octanol–water partition coefficient (Wildman–Crippen LogP) is 0.493. The lowest BCUT2D eigenvalue weighted by molar-refractivity contribution is -0.119. The Kier molecular flexibility index (Phi) is 1.73. The summed E-state index contributed by atoms with van der Waals surface area (Å²) in [4.78, 5) is 10.8. The molecule has 1 heterocycles. The zero-order chi connectivity index (χ0) is 9.26. The molecule has 1 aromatic carbocycles. The van der Waals surface area contributed by atoms with E-state index in [0.717, 1.165) is 11.3 Å². The molecule has 0 saturated heterocycles. The van der Waals surface area contributed by atoms with Crippen LogP contribution in [0.3, 0.4) is 0 Å². The van der Waals surface area contributed by atoms with Crippen LogP contribution in [-0.4, -0.2) is 11.6 Å². The second-order valence-corrected chi connectivity index (χ2v) is 2.89. The number of benzene rings is 1. The van der Waals surface area contributed by atoms with Gasteiger partial charge in [-0.1, -0.05) is 12.1 Å². The minimum atomic E-state index is -0.0631. The zero-order valence-electron chi connectivity index (χ0n) is 6.95. The van der Waals surface area contributed by atoms with E-state index in [1.807, 2.05) is 12.1 Å². The molecule has 0 radical (unpaired) electrons. The van der Waals surface area contributed by atoms with Gasteiger partial charge >= 0.3 is 0 Å². The molecule has 0 unspecified atom stereocenters. The Hall–Kier alpha value is -1.84. The maximum Gasteiger partial charge on any atom is 0.246 e. The molecule has 0 spiro atoms. The molecule has 1 amide bonds. The van der Waals surface area contributed by atoms with Crippen LogP contribution in [0.15, 0.2) is 29.4 Å². The molecular formula is C9H9N3O. The fourth-order valence-corrected chi connectivity index (χ4v) is 1.20. The number of nitrogen functional groups attached to an aromatic ring is 1. The van der Waals surface area contributed by atoms with Crippen molar-refractivity contribution in [2.75, 3.05) is 5.73 Å². The third-order valence-electron chi connectivity index (χ3n) is 1.89. The summed E-state index contributed by atoms with van der Waals surface area (Å²) in [6, 6.07) is 7.30. The third-order valence-corrected chi connectivity index (χ3v) is 1.89. The average Bonchev–Trinajstić information content (AvgIpc) is 2.53. The molecule has 1 aliphatic heterocycles. The molecular weight excluding hydrogens is 166 g/mol. The van der Waals surface area contributed by atoms with Gasteiger partial charge in [0.05, 0.1) is 12.1 Å². The largest absolute Gasteiger partial charge is 0.399 e. The standard InChI is InChI=1S/C9H9N3O/c10-7-3-1-6(2-4-7)8-5-9(13)12-11-8/h1-4H,5,10H2,(H,12,13). The SMILES string of the molecule is Nc1ccc(C2=NNC(=O)C2)cc1. The van der Waals surface area contributed by atoms with Crippen molar-refractivity contribution in [1.29, 1.82) is 0 Å². The van der Waals surface area contributed by atoms with E-state index in [-0.39, 0.29) is 5.91 Å². The molecule has 0 bridgehead atoms. The van der Waals surface area contributed by atoms with Gasteiger partial charge in [-0.15, -0.1) is 0 Å². The molecule has 1 aliphatic rings. The topological polar surface area (TPSA) is 67.5 Å². The first-order valence-electron chi connectivity index (χ1n) is 3.97.